The second kappa shape index (κ2) is 4.45. The number of aromatic carboxylic acids is 1. The van der Waals surface area contributed by atoms with E-state index in [-0.39, 0.29) is 12.2 Å². The second-order valence-electron chi connectivity index (χ2n) is 5.23. The molecule has 19 heavy (non-hydrogen) atoms. The van der Waals surface area contributed by atoms with Crippen LogP contribution in [0.1, 0.15) is 48.7 Å². The molecule has 0 aliphatic carbocycles. The van der Waals surface area contributed by atoms with Crippen molar-refractivity contribution in [2.24, 2.45) is 0 Å². The van der Waals surface area contributed by atoms with Gasteiger partial charge < -0.3 is 9.63 Å². The number of hydrogen-bond donors (Lipinski definition) is 1. The van der Waals surface area contributed by atoms with Crippen LogP contribution in [0.15, 0.2) is 4.52 Å². The molecule has 0 fully saturated rings. The Kier molecular flexibility index (Phi) is 3.09. The third kappa shape index (κ3) is 2.61. The molecule has 0 aromatic carbocycles. The van der Waals surface area contributed by atoms with Crippen molar-refractivity contribution in [2.45, 2.75) is 39.7 Å². The van der Waals surface area contributed by atoms with Crippen LogP contribution in [0.25, 0.3) is 0 Å². The summed E-state index contributed by atoms with van der Waals surface area (Å²) >= 11 is 0. The van der Waals surface area contributed by atoms with E-state index in [0.717, 1.165) is 0 Å². The van der Waals surface area contributed by atoms with Crippen LogP contribution < -0.4 is 0 Å². The summed E-state index contributed by atoms with van der Waals surface area (Å²) in [5, 5.41) is 20.4. The maximum Gasteiger partial charge on any atom is 0.358 e. The molecule has 0 bridgehead atoms. The van der Waals surface area contributed by atoms with Gasteiger partial charge in [0.1, 0.15) is 6.54 Å². The summed E-state index contributed by atoms with van der Waals surface area (Å²) in [4.78, 5) is 15.2. The lowest BCUT2D eigenvalue weighted by Gasteiger charge is -2.19. The van der Waals surface area contributed by atoms with Gasteiger partial charge in [0.2, 0.25) is 5.89 Å². The van der Waals surface area contributed by atoms with E-state index in [0.29, 0.717) is 17.4 Å². The van der Waals surface area contributed by atoms with E-state index in [1.165, 1.54) is 4.68 Å². The topological polar surface area (TPSA) is 107 Å². The number of aryl methyl sites for hydroxylation is 1. The van der Waals surface area contributed by atoms with Crippen molar-refractivity contribution in [1.29, 1.82) is 0 Å². The van der Waals surface area contributed by atoms with Crippen LogP contribution in [-0.2, 0) is 12.0 Å². The van der Waals surface area contributed by atoms with Gasteiger partial charge in [-0.1, -0.05) is 31.1 Å². The lowest BCUT2D eigenvalue weighted by atomic mass is 9.90. The number of carboxylic acids is 1. The molecule has 0 amide bonds. The predicted octanol–water partition coefficient (Wildman–Crippen LogP) is 1.01. The standard InChI is InChI=1S/C11H15N5O3/c1-6-12-7(19-14-6)5-16-9(11(2,3)4)8(10(17)18)13-15-16/h5H2,1-4H3,(H,17,18). The zero-order valence-corrected chi connectivity index (χ0v) is 11.2. The largest absolute Gasteiger partial charge is 0.476 e. The van der Waals surface area contributed by atoms with Gasteiger partial charge in [0.25, 0.3) is 0 Å². The molecule has 102 valence electrons. The van der Waals surface area contributed by atoms with Crippen LogP contribution in [-0.4, -0.2) is 36.2 Å². The second-order valence-corrected chi connectivity index (χ2v) is 5.23. The van der Waals surface area contributed by atoms with Gasteiger partial charge >= 0.3 is 5.97 Å². The molecular weight excluding hydrogens is 250 g/mol. The monoisotopic (exact) mass is 265 g/mol. The summed E-state index contributed by atoms with van der Waals surface area (Å²) in [6.45, 7) is 7.60. The van der Waals surface area contributed by atoms with Crippen LogP contribution in [0.3, 0.4) is 0 Å². The molecule has 0 atom stereocenters. The Labute approximate surface area is 109 Å². The van der Waals surface area contributed by atoms with Crippen LogP contribution in [0, 0.1) is 6.92 Å². The lowest BCUT2D eigenvalue weighted by molar-refractivity contribution is 0.0687. The van der Waals surface area contributed by atoms with Crippen molar-refractivity contribution in [3.05, 3.63) is 23.1 Å². The van der Waals surface area contributed by atoms with Gasteiger partial charge in [-0.25, -0.2) is 9.48 Å². The first-order chi connectivity index (χ1) is 8.79. The summed E-state index contributed by atoms with van der Waals surface area (Å²) in [5.74, 6) is -0.214. The fraction of sp³-hybridized carbons (Fsp3) is 0.545. The Balaban J connectivity index is 2.43. The van der Waals surface area contributed by atoms with Crippen molar-refractivity contribution >= 4 is 5.97 Å². The number of carboxylic acid groups (broad SMARTS) is 1. The van der Waals surface area contributed by atoms with E-state index in [4.69, 9.17) is 9.63 Å². The van der Waals surface area contributed by atoms with Gasteiger partial charge in [-0.05, 0) is 6.92 Å². The molecule has 0 unspecified atom stereocenters. The highest BCUT2D eigenvalue weighted by Crippen LogP contribution is 2.25. The molecule has 2 heterocycles. The third-order valence-electron chi connectivity index (χ3n) is 2.50. The Morgan fingerprint density at radius 2 is 2.11 bits per heavy atom. The Hall–Kier alpha value is -2.25. The first-order valence-electron chi connectivity index (χ1n) is 5.75. The van der Waals surface area contributed by atoms with E-state index in [9.17, 15) is 4.79 Å². The summed E-state index contributed by atoms with van der Waals surface area (Å²) < 4.78 is 6.49. The Bertz CT molecular complexity index is 608. The molecule has 2 rings (SSSR count). The van der Waals surface area contributed by atoms with Crippen molar-refractivity contribution in [3.63, 3.8) is 0 Å². The predicted molar refractivity (Wildman–Crippen MR) is 63.8 cm³/mol. The maximum atomic E-state index is 11.2. The molecule has 8 heteroatoms. The summed E-state index contributed by atoms with van der Waals surface area (Å²) in [5.41, 5.74) is 0.0614. The molecule has 0 aliphatic rings. The maximum absolute atomic E-state index is 11.2. The quantitative estimate of drug-likeness (QED) is 0.882. The van der Waals surface area contributed by atoms with Crippen LogP contribution in [0.2, 0.25) is 0 Å². The number of carbonyl (C=O) groups is 1. The van der Waals surface area contributed by atoms with Crippen molar-refractivity contribution < 1.29 is 14.4 Å². The molecule has 0 saturated carbocycles. The van der Waals surface area contributed by atoms with E-state index in [1.807, 2.05) is 20.8 Å². The molecule has 0 radical (unpaired) electrons. The minimum absolute atomic E-state index is 0.0521. The molecular formula is C11H15N5O3. The number of rotatable bonds is 3. The van der Waals surface area contributed by atoms with Gasteiger partial charge in [0, 0.05) is 5.41 Å². The minimum atomic E-state index is -1.10. The van der Waals surface area contributed by atoms with E-state index in [2.05, 4.69) is 20.5 Å². The van der Waals surface area contributed by atoms with Gasteiger partial charge in [0.15, 0.2) is 11.5 Å². The first kappa shape index (κ1) is 13.2. The minimum Gasteiger partial charge on any atom is -0.476 e. The lowest BCUT2D eigenvalue weighted by Crippen LogP contribution is -2.22. The molecule has 0 spiro atoms. The van der Waals surface area contributed by atoms with E-state index in [1.54, 1.807) is 6.92 Å². The van der Waals surface area contributed by atoms with E-state index < -0.39 is 11.4 Å². The fourth-order valence-electron chi connectivity index (χ4n) is 1.84. The van der Waals surface area contributed by atoms with Crippen LogP contribution >= 0.6 is 0 Å². The molecule has 8 nitrogen and oxygen atoms in total. The summed E-state index contributed by atoms with van der Waals surface area (Å²) in [6, 6.07) is 0. The highest BCUT2D eigenvalue weighted by molar-refractivity contribution is 5.86. The zero-order chi connectivity index (χ0) is 14.2. The smallest absolute Gasteiger partial charge is 0.358 e. The van der Waals surface area contributed by atoms with Gasteiger partial charge in [-0.15, -0.1) is 5.10 Å². The van der Waals surface area contributed by atoms with Crippen molar-refractivity contribution in [3.8, 4) is 0 Å². The normalized spacial score (nSPS) is 11.8. The van der Waals surface area contributed by atoms with E-state index >= 15 is 0 Å². The van der Waals surface area contributed by atoms with Crippen molar-refractivity contribution in [2.75, 3.05) is 0 Å². The first-order valence-corrected chi connectivity index (χ1v) is 5.75. The molecule has 0 aliphatic heterocycles. The van der Waals surface area contributed by atoms with Crippen molar-refractivity contribution in [1.82, 2.24) is 25.1 Å². The SMILES string of the molecule is Cc1noc(Cn2nnc(C(=O)O)c2C(C)(C)C)n1. The Morgan fingerprint density at radius 3 is 2.58 bits per heavy atom. The molecule has 0 saturated heterocycles. The number of nitrogens with zero attached hydrogens (tertiary/aromatic N) is 5. The zero-order valence-electron chi connectivity index (χ0n) is 11.2. The van der Waals surface area contributed by atoms with Crippen LogP contribution in [0.4, 0.5) is 0 Å². The molecule has 2 aromatic rings. The van der Waals surface area contributed by atoms with Gasteiger partial charge in [0.05, 0.1) is 5.69 Å². The average Bonchev–Trinajstić information content (AvgIpc) is 2.84. The average molecular weight is 265 g/mol. The van der Waals surface area contributed by atoms with Gasteiger partial charge in [-0.3, -0.25) is 0 Å². The van der Waals surface area contributed by atoms with Crippen LogP contribution in [0.5, 0.6) is 0 Å². The number of aromatic nitrogens is 5. The number of hydrogen-bond acceptors (Lipinski definition) is 6. The van der Waals surface area contributed by atoms with Gasteiger partial charge in [-0.2, -0.15) is 4.98 Å². The summed E-state index contributed by atoms with van der Waals surface area (Å²) in [6.07, 6.45) is 0. The summed E-state index contributed by atoms with van der Waals surface area (Å²) in [7, 11) is 0. The highest BCUT2D eigenvalue weighted by Gasteiger charge is 2.29. The fourth-order valence-corrected chi connectivity index (χ4v) is 1.84. The molecule has 2 aromatic heterocycles. The third-order valence-corrected chi connectivity index (χ3v) is 2.50. The molecule has 1 N–H and O–H groups in total. The highest BCUT2D eigenvalue weighted by atomic mass is 16.5. The Morgan fingerprint density at radius 1 is 1.42 bits per heavy atom.